The van der Waals surface area contributed by atoms with Crippen molar-refractivity contribution in [2.45, 2.75) is 26.6 Å². The Hall–Kier alpha value is -2.60. The number of hydrogen-bond acceptors (Lipinski definition) is 3. The molecule has 6 heteroatoms. The minimum absolute atomic E-state index is 0.289. The minimum Gasteiger partial charge on any atom is -0.497 e. The number of rotatable bonds is 7. The van der Waals surface area contributed by atoms with Crippen molar-refractivity contribution >= 4 is 5.96 Å². The van der Waals surface area contributed by atoms with Gasteiger partial charge in [-0.1, -0.05) is 18.2 Å². The summed E-state index contributed by atoms with van der Waals surface area (Å²) in [5, 5.41) is 15.5. The van der Waals surface area contributed by atoms with Gasteiger partial charge in [-0.25, -0.2) is 9.38 Å². The fourth-order valence-corrected chi connectivity index (χ4v) is 2.33. The molecule has 134 valence electrons. The van der Waals surface area contributed by atoms with Crippen LogP contribution in [0.25, 0.3) is 0 Å². The van der Waals surface area contributed by atoms with Crippen molar-refractivity contribution < 1.29 is 14.2 Å². The molecule has 2 aromatic rings. The predicted molar refractivity (Wildman–Crippen MR) is 97.0 cm³/mol. The lowest BCUT2D eigenvalue weighted by molar-refractivity contribution is 0.275. The fourth-order valence-electron chi connectivity index (χ4n) is 2.33. The number of aliphatic hydroxyl groups is 1. The molecule has 0 aromatic heterocycles. The summed E-state index contributed by atoms with van der Waals surface area (Å²) in [6.45, 7) is 3.40. The second kappa shape index (κ2) is 9.64. The van der Waals surface area contributed by atoms with Crippen LogP contribution in [0.5, 0.6) is 5.75 Å². The van der Waals surface area contributed by atoms with Crippen LogP contribution in [0.4, 0.5) is 4.39 Å². The topological polar surface area (TPSA) is 65.9 Å². The molecule has 0 aliphatic rings. The fraction of sp³-hybridized carbons (Fsp3) is 0.316. The number of aliphatic hydroxyl groups excluding tert-OH is 1. The third-order valence-corrected chi connectivity index (χ3v) is 3.64. The molecule has 0 bridgehead atoms. The summed E-state index contributed by atoms with van der Waals surface area (Å²) in [5.74, 6) is 1.07. The zero-order chi connectivity index (χ0) is 18.1. The summed E-state index contributed by atoms with van der Waals surface area (Å²) in [6, 6.07) is 12.5. The van der Waals surface area contributed by atoms with Crippen LogP contribution < -0.4 is 15.4 Å². The lowest BCUT2D eigenvalue weighted by atomic mass is 10.1. The van der Waals surface area contributed by atoms with Crippen molar-refractivity contribution in [3.05, 3.63) is 65.0 Å². The Morgan fingerprint density at radius 3 is 2.72 bits per heavy atom. The zero-order valence-electron chi connectivity index (χ0n) is 14.6. The van der Waals surface area contributed by atoms with E-state index < -0.39 is 5.82 Å². The summed E-state index contributed by atoms with van der Waals surface area (Å²) >= 11 is 0. The van der Waals surface area contributed by atoms with Crippen molar-refractivity contribution in [3.63, 3.8) is 0 Å². The molecular weight excluding hydrogens is 321 g/mol. The Labute approximate surface area is 147 Å². The first-order chi connectivity index (χ1) is 12.2. The van der Waals surface area contributed by atoms with Gasteiger partial charge in [0, 0.05) is 18.7 Å². The van der Waals surface area contributed by atoms with Crippen molar-refractivity contribution in [1.82, 2.24) is 10.6 Å². The van der Waals surface area contributed by atoms with E-state index in [9.17, 15) is 4.39 Å². The molecule has 0 aliphatic carbocycles. The lowest BCUT2D eigenvalue weighted by Gasteiger charge is -2.12. The van der Waals surface area contributed by atoms with Gasteiger partial charge in [0.2, 0.25) is 0 Å². The average molecular weight is 345 g/mol. The highest BCUT2D eigenvalue weighted by molar-refractivity contribution is 5.79. The van der Waals surface area contributed by atoms with E-state index in [1.807, 2.05) is 31.2 Å². The van der Waals surface area contributed by atoms with Crippen LogP contribution in [0.3, 0.4) is 0 Å². The van der Waals surface area contributed by atoms with E-state index in [4.69, 9.17) is 9.84 Å². The van der Waals surface area contributed by atoms with Gasteiger partial charge in [-0.05, 0) is 42.3 Å². The minimum atomic E-state index is -0.398. The van der Waals surface area contributed by atoms with Gasteiger partial charge < -0.3 is 20.5 Å². The molecule has 5 nitrogen and oxygen atoms in total. The van der Waals surface area contributed by atoms with Gasteiger partial charge in [0.15, 0.2) is 5.96 Å². The lowest BCUT2D eigenvalue weighted by Crippen LogP contribution is -2.36. The van der Waals surface area contributed by atoms with Crippen LogP contribution in [-0.2, 0) is 19.7 Å². The molecule has 0 unspecified atom stereocenters. The van der Waals surface area contributed by atoms with Gasteiger partial charge in [0.1, 0.15) is 11.6 Å². The molecule has 0 amide bonds. The quantitative estimate of drug-likeness (QED) is 0.533. The third-order valence-electron chi connectivity index (χ3n) is 3.64. The predicted octanol–water partition coefficient (Wildman–Crippen LogP) is 2.58. The molecule has 3 N–H and O–H groups in total. The first-order valence-corrected chi connectivity index (χ1v) is 8.19. The van der Waals surface area contributed by atoms with Crippen LogP contribution in [-0.4, -0.2) is 24.7 Å². The maximum atomic E-state index is 13.4. The molecular formula is C19H24FN3O2. The molecule has 25 heavy (non-hydrogen) atoms. The van der Waals surface area contributed by atoms with Gasteiger partial charge in [0.05, 0.1) is 20.3 Å². The molecule has 0 aliphatic heterocycles. The Balaban J connectivity index is 2.02. The maximum Gasteiger partial charge on any atom is 0.191 e. The number of hydrogen-bond donors (Lipinski definition) is 3. The molecule has 0 spiro atoms. The highest BCUT2D eigenvalue weighted by Crippen LogP contribution is 2.13. The van der Waals surface area contributed by atoms with Crippen LogP contribution in [0, 0.1) is 5.82 Å². The molecule has 0 fully saturated rings. The van der Waals surface area contributed by atoms with Gasteiger partial charge in [-0.3, -0.25) is 0 Å². The normalized spacial score (nSPS) is 11.3. The number of aliphatic imine (C=N–C) groups is 1. The summed E-state index contributed by atoms with van der Waals surface area (Å²) in [4.78, 5) is 4.55. The standard InChI is InChI=1S/C19H24FN3O2/c1-3-21-19(22-11-14-5-4-6-17(10-14)25-2)23-12-15-7-8-18(20)16(9-15)13-24/h4-10,24H,3,11-13H2,1-2H3,(H2,21,22,23). The number of ether oxygens (including phenoxy) is 1. The number of nitrogens with zero attached hydrogens (tertiary/aromatic N) is 1. The highest BCUT2D eigenvalue weighted by atomic mass is 19.1. The van der Waals surface area contributed by atoms with E-state index in [0.29, 0.717) is 19.0 Å². The van der Waals surface area contributed by atoms with Crippen LogP contribution >= 0.6 is 0 Å². The monoisotopic (exact) mass is 345 g/mol. The highest BCUT2D eigenvalue weighted by Gasteiger charge is 2.04. The largest absolute Gasteiger partial charge is 0.497 e. The number of methoxy groups -OCH3 is 1. The first-order valence-electron chi connectivity index (χ1n) is 8.19. The summed E-state index contributed by atoms with van der Waals surface area (Å²) in [5.41, 5.74) is 2.20. The zero-order valence-corrected chi connectivity index (χ0v) is 14.6. The van der Waals surface area contributed by atoms with Gasteiger partial charge in [-0.2, -0.15) is 0 Å². The Morgan fingerprint density at radius 2 is 2.00 bits per heavy atom. The van der Waals surface area contributed by atoms with E-state index in [1.165, 1.54) is 6.07 Å². The Morgan fingerprint density at radius 1 is 1.16 bits per heavy atom. The molecule has 2 rings (SSSR count). The SMILES string of the molecule is CCNC(=NCc1cccc(OC)c1)NCc1ccc(F)c(CO)c1. The second-order valence-corrected chi connectivity index (χ2v) is 5.48. The van der Waals surface area contributed by atoms with E-state index in [0.717, 1.165) is 23.4 Å². The molecule has 0 atom stereocenters. The maximum absolute atomic E-state index is 13.4. The molecule has 0 radical (unpaired) electrons. The second-order valence-electron chi connectivity index (χ2n) is 5.48. The average Bonchev–Trinajstić information content (AvgIpc) is 2.65. The van der Waals surface area contributed by atoms with Crippen molar-refractivity contribution in [2.75, 3.05) is 13.7 Å². The van der Waals surface area contributed by atoms with Crippen molar-refractivity contribution in [3.8, 4) is 5.75 Å². The van der Waals surface area contributed by atoms with Crippen LogP contribution in [0.2, 0.25) is 0 Å². The summed E-state index contributed by atoms with van der Waals surface area (Å²) < 4.78 is 18.6. The smallest absolute Gasteiger partial charge is 0.191 e. The number of benzene rings is 2. The van der Waals surface area contributed by atoms with Crippen molar-refractivity contribution in [2.24, 2.45) is 4.99 Å². The van der Waals surface area contributed by atoms with Gasteiger partial charge in [0.25, 0.3) is 0 Å². The Bertz CT molecular complexity index is 720. The van der Waals surface area contributed by atoms with Crippen molar-refractivity contribution in [1.29, 1.82) is 0 Å². The first kappa shape index (κ1) is 18.7. The summed E-state index contributed by atoms with van der Waals surface area (Å²) in [7, 11) is 1.64. The van der Waals surface area contributed by atoms with E-state index >= 15 is 0 Å². The molecule has 0 heterocycles. The third kappa shape index (κ3) is 5.76. The number of nitrogens with one attached hydrogen (secondary N) is 2. The van der Waals surface area contributed by atoms with Crippen LogP contribution in [0.1, 0.15) is 23.6 Å². The Kier molecular flexibility index (Phi) is 7.22. The summed E-state index contributed by atoms with van der Waals surface area (Å²) in [6.07, 6.45) is 0. The van der Waals surface area contributed by atoms with E-state index in [2.05, 4.69) is 15.6 Å². The number of halogens is 1. The van der Waals surface area contributed by atoms with E-state index in [1.54, 1.807) is 19.2 Å². The van der Waals surface area contributed by atoms with Gasteiger partial charge >= 0.3 is 0 Å². The molecule has 2 aromatic carbocycles. The van der Waals surface area contributed by atoms with Gasteiger partial charge in [-0.15, -0.1) is 0 Å². The number of guanidine groups is 1. The van der Waals surface area contributed by atoms with E-state index in [-0.39, 0.29) is 12.2 Å². The van der Waals surface area contributed by atoms with Crippen LogP contribution in [0.15, 0.2) is 47.5 Å². The molecule has 0 saturated carbocycles. The molecule has 0 saturated heterocycles.